The second kappa shape index (κ2) is 19.6. The van der Waals surface area contributed by atoms with Crippen molar-refractivity contribution in [3.63, 3.8) is 0 Å². The van der Waals surface area contributed by atoms with Gasteiger partial charge in [0.15, 0.2) is 0 Å². The monoisotopic (exact) mass is 1090 g/mol. The minimum Gasteiger partial charge on any atom is -0.457 e. The fourth-order valence-electron chi connectivity index (χ4n) is 16.1. The molecule has 0 amide bonds. The summed E-state index contributed by atoms with van der Waals surface area (Å²) in [4.78, 5) is 2.52. The largest absolute Gasteiger partial charge is 0.457 e. The first-order chi connectivity index (χ1) is 41.6. The molecule has 12 aromatic rings. The SMILES string of the molecule is c1ccc(C2(c3ccccc3)c3ccccc3Oc3ccc(N(c4ccc5c(c4)C4(c6cc(C7CCCCC7)ccc6Oc6ccc(C7CCCCC7)cc64)c4ccccc4-5)c4ccccc4-c4cccc5c4oc4ccccc45)cc32)cc1. The first kappa shape index (κ1) is 49.2. The van der Waals surface area contributed by atoms with Crippen molar-refractivity contribution in [3.05, 3.63) is 304 Å². The van der Waals surface area contributed by atoms with Crippen molar-refractivity contribution in [3.8, 4) is 45.3 Å². The van der Waals surface area contributed by atoms with Crippen molar-refractivity contribution in [2.24, 2.45) is 0 Å². The van der Waals surface area contributed by atoms with E-state index in [0.717, 1.165) is 84.3 Å². The predicted octanol–water partition coefficient (Wildman–Crippen LogP) is 21.8. The zero-order chi connectivity index (χ0) is 55.3. The Morgan fingerprint density at radius 2 is 0.810 bits per heavy atom. The molecule has 3 aliphatic carbocycles. The van der Waals surface area contributed by atoms with E-state index in [1.807, 2.05) is 0 Å². The van der Waals surface area contributed by atoms with Gasteiger partial charge in [-0.25, -0.2) is 0 Å². The van der Waals surface area contributed by atoms with Crippen LogP contribution >= 0.6 is 0 Å². The molecular weight excluding hydrogens is 1020 g/mol. The quantitative estimate of drug-likeness (QED) is 0.152. The van der Waals surface area contributed by atoms with Crippen molar-refractivity contribution < 1.29 is 13.9 Å². The molecular formula is C80H63NO3. The lowest BCUT2D eigenvalue weighted by molar-refractivity contribution is 0.424. The maximum atomic E-state index is 7.26. The standard InChI is InChI=1S/C80H63NO3/c1-5-22-52(23-6-1)54-40-45-75-69(48-54)80(70-49-55(41-46-76(70)83-75)53-24-7-2-8-25-53)66-35-16-13-30-60(66)61-44-42-58(50-68(61)80)81(72-37-18-14-31-62(72)64-33-21-34-65-63-32-15-19-38-73(63)84-78(64)65)59-43-47-77-71(51-59)79(56-26-9-3-10-27-56,57-28-11-4-12-29-57)67-36-17-20-39-74(67)82-77/h3-4,9-21,26-53H,1-2,5-8,22-25H2. The van der Waals surface area contributed by atoms with Crippen LogP contribution in [0.15, 0.2) is 253 Å². The van der Waals surface area contributed by atoms with E-state index in [1.54, 1.807) is 0 Å². The van der Waals surface area contributed by atoms with E-state index in [-0.39, 0.29) is 0 Å². The summed E-state index contributed by atoms with van der Waals surface area (Å²) in [5.41, 5.74) is 20.5. The van der Waals surface area contributed by atoms with Crippen molar-refractivity contribution in [2.75, 3.05) is 4.90 Å². The fourth-order valence-corrected chi connectivity index (χ4v) is 16.1. The highest BCUT2D eigenvalue weighted by Crippen LogP contribution is 2.64. The summed E-state index contributed by atoms with van der Waals surface area (Å²) in [6, 6.07) is 92.7. The van der Waals surface area contributed by atoms with Crippen LogP contribution in [0.5, 0.6) is 23.0 Å². The van der Waals surface area contributed by atoms with Crippen molar-refractivity contribution in [1.82, 2.24) is 0 Å². The molecule has 5 aliphatic rings. The maximum Gasteiger partial charge on any atom is 0.143 e. The molecule has 0 atom stereocenters. The lowest BCUT2D eigenvalue weighted by atomic mass is 9.63. The highest BCUT2D eigenvalue weighted by molar-refractivity contribution is 6.11. The van der Waals surface area contributed by atoms with Gasteiger partial charge in [0.2, 0.25) is 0 Å². The molecule has 2 fully saturated rings. The summed E-state index contributed by atoms with van der Waals surface area (Å²) in [5, 5.41) is 2.20. The van der Waals surface area contributed by atoms with Gasteiger partial charge in [-0.05, 0) is 143 Å². The highest BCUT2D eigenvalue weighted by atomic mass is 16.5. The number of ether oxygens (including phenoxy) is 2. The van der Waals surface area contributed by atoms with Gasteiger partial charge in [0.1, 0.15) is 34.2 Å². The van der Waals surface area contributed by atoms with Crippen molar-refractivity contribution >= 4 is 39.0 Å². The third-order valence-electron chi connectivity index (χ3n) is 19.9. The highest BCUT2D eigenvalue weighted by Gasteiger charge is 2.52. The molecule has 0 saturated heterocycles. The first-order valence-electron chi connectivity index (χ1n) is 30.7. The molecule has 0 N–H and O–H groups in total. The normalized spacial score (nSPS) is 16.4. The molecule has 4 heteroatoms. The van der Waals surface area contributed by atoms with Gasteiger partial charge < -0.3 is 18.8 Å². The summed E-state index contributed by atoms with van der Waals surface area (Å²) in [6.07, 6.45) is 12.6. The molecule has 2 aliphatic heterocycles. The van der Waals surface area contributed by atoms with Crippen LogP contribution in [0.2, 0.25) is 0 Å². The number of hydrogen-bond acceptors (Lipinski definition) is 4. The summed E-state index contributed by atoms with van der Waals surface area (Å²) in [6.45, 7) is 0. The van der Waals surface area contributed by atoms with Crippen LogP contribution < -0.4 is 14.4 Å². The van der Waals surface area contributed by atoms with E-state index in [9.17, 15) is 0 Å². The number of rotatable bonds is 8. The zero-order valence-corrected chi connectivity index (χ0v) is 47.1. The fraction of sp³-hybridized carbons (Fsp3) is 0.175. The smallest absolute Gasteiger partial charge is 0.143 e. The van der Waals surface area contributed by atoms with Crippen LogP contribution in [0.1, 0.15) is 132 Å². The summed E-state index contributed by atoms with van der Waals surface area (Å²) in [7, 11) is 0. The minimum atomic E-state index is -0.737. The Kier molecular flexibility index (Phi) is 11.5. The summed E-state index contributed by atoms with van der Waals surface area (Å²) >= 11 is 0. The Labute approximate surface area is 491 Å². The lowest BCUT2D eigenvalue weighted by Crippen LogP contribution is -2.34. The molecule has 0 unspecified atom stereocenters. The lowest BCUT2D eigenvalue weighted by Gasteiger charge is -2.42. The molecule has 1 spiro atoms. The second-order valence-electron chi connectivity index (χ2n) is 24.2. The predicted molar refractivity (Wildman–Crippen MR) is 341 cm³/mol. The molecule has 0 bridgehead atoms. The van der Waals surface area contributed by atoms with E-state index in [1.165, 1.54) is 120 Å². The van der Waals surface area contributed by atoms with Gasteiger partial charge in [-0.15, -0.1) is 0 Å². The van der Waals surface area contributed by atoms with Crippen LogP contribution in [-0.2, 0) is 10.8 Å². The summed E-state index contributed by atoms with van der Waals surface area (Å²) < 4.78 is 21.3. The topological polar surface area (TPSA) is 34.8 Å². The van der Waals surface area contributed by atoms with Crippen molar-refractivity contribution in [1.29, 1.82) is 0 Å². The van der Waals surface area contributed by atoms with E-state index >= 15 is 0 Å². The molecule has 2 saturated carbocycles. The molecule has 0 radical (unpaired) electrons. The van der Waals surface area contributed by atoms with Gasteiger partial charge in [-0.3, -0.25) is 0 Å². The van der Waals surface area contributed by atoms with Gasteiger partial charge in [-0.2, -0.15) is 0 Å². The van der Waals surface area contributed by atoms with Crippen molar-refractivity contribution in [2.45, 2.75) is 86.9 Å². The van der Waals surface area contributed by atoms with Crippen LogP contribution in [0.3, 0.4) is 0 Å². The van der Waals surface area contributed by atoms with Gasteiger partial charge in [0.25, 0.3) is 0 Å². The molecule has 84 heavy (non-hydrogen) atoms. The van der Waals surface area contributed by atoms with E-state index < -0.39 is 10.8 Å². The third kappa shape index (κ3) is 7.38. The Morgan fingerprint density at radius 1 is 0.321 bits per heavy atom. The molecule has 406 valence electrons. The average Bonchev–Trinajstić information content (AvgIpc) is 1.43. The number of hydrogen-bond donors (Lipinski definition) is 0. The summed E-state index contributed by atoms with van der Waals surface area (Å²) in [5.74, 6) is 4.59. The van der Waals surface area contributed by atoms with Crippen LogP contribution in [0, 0.1) is 0 Å². The molecule has 3 heterocycles. The Bertz CT molecular complexity index is 4430. The van der Waals surface area contributed by atoms with E-state index in [4.69, 9.17) is 13.9 Å². The minimum absolute atomic E-state index is 0.514. The number of fused-ring (bicyclic) bond motifs is 14. The number of furan rings is 1. The third-order valence-corrected chi connectivity index (χ3v) is 19.9. The number of nitrogens with zero attached hydrogens (tertiary/aromatic N) is 1. The Morgan fingerprint density at radius 3 is 1.49 bits per heavy atom. The first-order valence-corrected chi connectivity index (χ1v) is 30.7. The number of anilines is 3. The van der Waals surface area contributed by atoms with E-state index in [2.05, 4.69) is 254 Å². The van der Waals surface area contributed by atoms with Gasteiger partial charge in [0, 0.05) is 55.5 Å². The molecule has 17 rings (SSSR count). The van der Waals surface area contributed by atoms with Gasteiger partial charge in [-0.1, -0.05) is 227 Å². The zero-order valence-electron chi connectivity index (χ0n) is 47.1. The van der Waals surface area contributed by atoms with Crippen LogP contribution in [0.4, 0.5) is 17.1 Å². The molecule has 1 aromatic heterocycles. The van der Waals surface area contributed by atoms with E-state index in [0.29, 0.717) is 11.8 Å². The average molecular weight is 1090 g/mol. The number of para-hydroxylation sites is 4. The molecule has 11 aromatic carbocycles. The molecule has 4 nitrogen and oxygen atoms in total. The number of benzene rings is 11. The van der Waals surface area contributed by atoms with Crippen LogP contribution in [0.25, 0.3) is 44.2 Å². The van der Waals surface area contributed by atoms with Gasteiger partial charge >= 0.3 is 0 Å². The van der Waals surface area contributed by atoms with Gasteiger partial charge in [0.05, 0.1) is 16.5 Å². The second-order valence-corrected chi connectivity index (χ2v) is 24.2. The van der Waals surface area contributed by atoms with Crippen LogP contribution in [-0.4, -0.2) is 0 Å². The maximum absolute atomic E-state index is 7.26. The Hall–Kier alpha value is -9.38. The Balaban J connectivity index is 0.957.